The van der Waals surface area contributed by atoms with Crippen molar-refractivity contribution in [2.24, 2.45) is 16.8 Å². The number of rotatable bonds is 14. The predicted molar refractivity (Wildman–Crippen MR) is 463 cm³/mol. The van der Waals surface area contributed by atoms with E-state index >= 15 is 0 Å². The molecule has 3 aromatic heterocycles. The number of hydrazone groups is 1. The minimum absolute atomic E-state index is 0. The Hall–Kier alpha value is -10.4. The average Bonchev–Trinajstić information content (AvgIpc) is 1.72. The summed E-state index contributed by atoms with van der Waals surface area (Å²) in [6.45, 7) is 13.7. The van der Waals surface area contributed by atoms with Crippen LogP contribution >= 0.6 is 68.8 Å². The number of aromatic amines is 3. The SMILES string of the molecule is C.C.CC.CC/C=N/Nc1cccc([N+](=O)[O-])c1.CCC=O.Cc1c[nH]c2cc(N)ccc12.Cc1c[nH]c2cc([N+](=O)[O-])ccc12.Cc1c[nH]c2cccc([N+](=O)[O-])c12.Cl.Cl.NNc1cccc([N+](=O)[O-])c1.NNc1cccc([N+](=O)[O-])c1.Nc1cccc([N+](=O)[O-])c1.Nc1cccc([N+](=O)[O-])c1.O=[P+]([O-])OO.[Cl][Sn][Cl].[Cl][Sn][Cl].[HH]. The Balaban J connectivity index is -0.000000224. The number of hydrogen-bond donors (Lipinski definition) is 12. The van der Waals surface area contributed by atoms with E-state index in [0.717, 1.165) is 51.5 Å². The predicted octanol–water partition coefficient (Wildman–Crippen LogP) is 18.8. The minimum Gasteiger partial charge on any atom is 0 e. The number of anilines is 6. The number of benzene rings is 8. The number of non-ortho nitro benzene ring substituents is 7. The van der Waals surface area contributed by atoms with Gasteiger partial charge in [0.1, 0.15) is 6.29 Å². The van der Waals surface area contributed by atoms with Crippen LogP contribution in [0.3, 0.4) is 0 Å². The molecule has 0 saturated heterocycles. The number of nitrogens with zero attached hydrogens (tertiary/aromatic N) is 8. The number of nitrogens with two attached hydrogens (primary N) is 5. The van der Waals surface area contributed by atoms with Crippen LogP contribution in [0.5, 0.6) is 0 Å². The van der Waals surface area contributed by atoms with Crippen molar-refractivity contribution < 1.29 is 60.1 Å². The van der Waals surface area contributed by atoms with Crippen LogP contribution in [0.4, 0.5) is 73.9 Å². The Bertz CT molecular complexity index is 4610. The van der Waals surface area contributed by atoms with Crippen LogP contribution in [0.25, 0.3) is 32.7 Å². The maximum absolute atomic E-state index is 10.7. The first-order chi connectivity index (χ1) is 52.3. The molecule has 0 aliphatic heterocycles. The van der Waals surface area contributed by atoms with Gasteiger partial charge in [-0.25, -0.2) is 5.26 Å². The molecule has 0 fully saturated rings. The Morgan fingerprint density at radius 1 is 0.482 bits per heavy atom. The number of hydrogen-bond acceptors (Lipinski definition) is 28. The van der Waals surface area contributed by atoms with Gasteiger partial charge in [-0.1, -0.05) is 85.0 Å². The second kappa shape index (κ2) is 67.1. The van der Waals surface area contributed by atoms with Crippen LogP contribution in [-0.4, -0.2) is 105 Å². The zero-order valence-corrected chi connectivity index (χ0v) is 71.3. The van der Waals surface area contributed by atoms with Crippen LogP contribution in [0, 0.1) is 91.6 Å². The zero-order chi connectivity index (χ0) is 83.8. The maximum Gasteiger partial charge on any atom is 0 e. The van der Waals surface area contributed by atoms with Crippen molar-refractivity contribution in [1.82, 2.24) is 15.0 Å². The van der Waals surface area contributed by atoms with Crippen molar-refractivity contribution in [2.45, 2.75) is 76.2 Å². The van der Waals surface area contributed by atoms with Crippen molar-refractivity contribution in [1.29, 1.82) is 0 Å². The van der Waals surface area contributed by atoms with Gasteiger partial charge in [-0.2, -0.15) is 5.10 Å². The number of carbonyl (C=O) groups excluding carboxylic acids is 1. The fourth-order valence-corrected chi connectivity index (χ4v) is 7.74. The molecule has 47 heteroatoms. The van der Waals surface area contributed by atoms with E-state index in [1.165, 1.54) is 83.7 Å². The molecule has 1 unspecified atom stereocenters. The normalized spacial score (nSPS) is 9.17. The number of nitro groups is 7. The largest absolute Gasteiger partial charge is 0 e. The van der Waals surface area contributed by atoms with E-state index in [9.17, 15) is 75.6 Å². The second-order valence-corrected chi connectivity index (χ2v) is 29.0. The van der Waals surface area contributed by atoms with E-state index in [-0.39, 0.29) is 85.8 Å². The number of carbonyl (C=O) groups is 1. The molecule has 0 spiro atoms. The van der Waals surface area contributed by atoms with Crippen LogP contribution in [0.1, 0.15) is 73.5 Å². The van der Waals surface area contributed by atoms with Gasteiger partial charge in [-0.05, 0) is 103 Å². The molecule has 3 heterocycles. The Morgan fingerprint density at radius 3 is 1.12 bits per heavy atom. The zero-order valence-electron chi connectivity index (χ0n) is 60.1. The molecule has 11 rings (SSSR count). The van der Waals surface area contributed by atoms with E-state index in [1.807, 2.05) is 78.2 Å². The first-order valence-corrected chi connectivity index (χ1v) is 46.4. The number of aldehydes is 1. The minimum atomic E-state index is -3.04. The number of nitrogen functional groups attached to an aromatic ring is 5. The fourth-order valence-electron chi connectivity index (χ4n) is 7.74. The Morgan fingerprint density at radius 2 is 0.789 bits per heavy atom. The van der Waals surface area contributed by atoms with Crippen molar-refractivity contribution >= 4 is 226 Å². The number of aromatic nitrogens is 3. The molecule has 0 aliphatic carbocycles. The third-order valence-electron chi connectivity index (χ3n) is 12.4. The summed E-state index contributed by atoms with van der Waals surface area (Å²) in [6, 6.07) is 45.7. The van der Waals surface area contributed by atoms with Gasteiger partial charge in [-0.3, -0.25) is 87.9 Å². The van der Waals surface area contributed by atoms with Crippen molar-refractivity contribution in [2.75, 3.05) is 33.5 Å². The molecule has 4 radical (unpaired) electrons. The molecular weight excluding hydrogens is 1860 g/mol. The standard InChI is InChI=1S/C9H11N3O2.2C9H8N2O2.C9H10N2.2C6H7N3O2.2C6H6N2O2.C3H6O.C2H6.2CH4.6ClH.HO4P.2Sn.H2/c1-2-6-10-11-8-4-3-5-9(7-8)12(13)14;1-6-5-10-9-4-7(11(12)13)2-3-8(6)9;1-6-5-10-7-3-2-4-8(9(6)7)11(12)13;1-6-5-11-9-4-7(10)2-3-8(6)9;2*7-8-5-2-1-3-6(4-5)9(10)11;2*7-5-2-1-3-6(4-5)8(9)10;1-2-3-4;1-2;;;;;;;;;1-4-5(2)3;;;/h3-7,11H,2H2,1H3;2*2-5,10H,1H3;2-5,11H,10H2,1H3;2*1-4,8H,7H2;2*1-4H,7H2;3H,2H2,1H3;1-2H3;2*1H4;6*1H;1H;;;1H/q;;;;;;;;;;;;;;;;;;;2*+2;/p-4/b10-6+;;;;;;;;;;;;;;;;;;;;;. The smallest absolute Gasteiger partial charge is 0 e. The van der Waals surface area contributed by atoms with Crippen molar-refractivity contribution in [3.63, 3.8) is 0 Å². The molecule has 0 saturated carbocycles. The van der Waals surface area contributed by atoms with E-state index in [0.29, 0.717) is 40.2 Å². The molecule has 17 N–H and O–H groups in total. The number of fused-ring (bicyclic) bond motifs is 3. The number of aryl methyl sites for hydroxylation is 3. The number of nitrogens with one attached hydrogen (secondary N) is 6. The van der Waals surface area contributed by atoms with Crippen LogP contribution < -0.4 is 50.1 Å². The van der Waals surface area contributed by atoms with Gasteiger partial charge in [0, 0.05) is 150 Å². The molecule has 1 atom stereocenters. The van der Waals surface area contributed by atoms with E-state index in [4.69, 9.17) is 79.3 Å². The van der Waals surface area contributed by atoms with Gasteiger partial charge in [0.2, 0.25) is 0 Å². The maximum atomic E-state index is 10.7. The third kappa shape index (κ3) is 47.8. The van der Waals surface area contributed by atoms with E-state index in [1.54, 1.807) is 91.3 Å². The van der Waals surface area contributed by atoms with Gasteiger partial charge in [-0.15, -0.1) is 24.8 Å². The molecule has 11 aromatic rings. The summed E-state index contributed by atoms with van der Waals surface area (Å²) < 4.78 is 11.6. The quantitative estimate of drug-likeness (QED) is 0.00554. The summed E-state index contributed by atoms with van der Waals surface area (Å²) in [5.74, 6) is 10.1. The number of nitro benzene ring substituents is 7. The van der Waals surface area contributed by atoms with Crippen LogP contribution in [0.2, 0.25) is 0 Å². The first kappa shape index (κ1) is 114. The Kier molecular flexibility index (Phi) is 67.4. The summed E-state index contributed by atoms with van der Waals surface area (Å²) in [4.78, 5) is 96.3. The average molecular weight is 1940 g/mol. The molecule has 8 aromatic carbocycles. The third-order valence-corrected chi connectivity index (χ3v) is 12.6. The summed E-state index contributed by atoms with van der Waals surface area (Å²) in [5, 5.41) is 86.0. The monoisotopic (exact) mass is 1940 g/mol. The van der Waals surface area contributed by atoms with Gasteiger partial charge < -0.3 is 52.7 Å². The van der Waals surface area contributed by atoms with Crippen LogP contribution in [-0.2, 0) is 14.0 Å². The first-order valence-electron chi connectivity index (χ1n) is 30.8. The van der Waals surface area contributed by atoms with E-state index in [2.05, 4.69) is 47.9 Å². The molecule has 620 valence electrons. The molecular formula is C67H88Cl6N19O19PSn2. The second-order valence-electron chi connectivity index (χ2n) is 19.9. The fraction of sp³-hybridized carbons (Fsp3) is 0.164. The van der Waals surface area contributed by atoms with Gasteiger partial charge in [0.15, 0.2) is 0 Å². The van der Waals surface area contributed by atoms with Gasteiger partial charge >= 0.3 is 81.7 Å². The topological polar surface area (TPSA) is 615 Å². The molecule has 114 heavy (non-hydrogen) atoms. The number of H-pyrrole nitrogens is 3. The number of halogens is 6. The summed E-state index contributed by atoms with van der Waals surface area (Å²) in [5.41, 5.74) is 33.3. The molecule has 0 amide bonds. The summed E-state index contributed by atoms with van der Waals surface area (Å²) in [7, 11) is 16.7. The molecule has 0 aliphatic rings. The van der Waals surface area contributed by atoms with Gasteiger partial charge in [0.05, 0.1) is 67.9 Å². The van der Waals surface area contributed by atoms with Crippen molar-refractivity contribution in [3.8, 4) is 0 Å². The van der Waals surface area contributed by atoms with Crippen LogP contribution in [0.15, 0.2) is 200 Å². The van der Waals surface area contributed by atoms with Gasteiger partial charge in [0.25, 0.3) is 39.8 Å². The Labute approximate surface area is 703 Å². The summed E-state index contributed by atoms with van der Waals surface area (Å²) >= 11 is -1.65. The van der Waals surface area contributed by atoms with Crippen molar-refractivity contribution in [3.05, 3.63) is 282 Å². The van der Waals surface area contributed by atoms with E-state index < -0.39 is 75.6 Å². The summed E-state index contributed by atoms with van der Waals surface area (Å²) in [6.07, 6.45) is 9.64. The molecule has 0 bridgehead atoms. The number of hydrazine groups is 2. The molecule has 38 nitrogen and oxygen atoms in total.